The van der Waals surface area contributed by atoms with E-state index < -0.39 is 0 Å². The van der Waals surface area contributed by atoms with Crippen molar-refractivity contribution in [3.8, 4) is 0 Å². The Labute approximate surface area is 124 Å². The Morgan fingerprint density at radius 1 is 1.33 bits per heavy atom. The largest absolute Gasteiger partial charge is 0.341 e. The normalized spacial score (nSPS) is 19.1. The predicted molar refractivity (Wildman–Crippen MR) is 84.7 cm³/mol. The Hall–Kier alpha value is -2.13. The summed E-state index contributed by atoms with van der Waals surface area (Å²) in [6.45, 7) is 4.77. The van der Waals surface area contributed by atoms with Crippen molar-refractivity contribution in [2.24, 2.45) is 5.73 Å². The zero-order chi connectivity index (χ0) is 15.0. The van der Waals surface area contributed by atoms with E-state index in [1.165, 1.54) is 11.8 Å². The van der Waals surface area contributed by atoms with Gasteiger partial charge in [-0.25, -0.2) is 4.39 Å². The van der Waals surface area contributed by atoms with Gasteiger partial charge in [-0.05, 0) is 60.9 Å². The van der Waals surface area contributed by atoms with Crippen LogP contribution in [0.15, 0.2) is 65.5 Å². The fourth-order valence-electron chi connectivity index (χ4n) is 2.85. The van der Waals surface area contributed by atoms with Crippen LogP contribution in [0.4, 0.5) is 4.39 Å². The van der Waals surface area contributed by atoms with E-state index in [1.54, 1.807) is 12.1 Å². The molecule has 2 heterocycles. The first-order valence-corrected chi connectivity index (χ1v) is 7.15. The van der Waals surface area contributed by atoms with Gasteiger partial charge in [-0.1, -0.05) is 18.2 Å². The molecule has 0 saturated carbocycles. The molecule has 21 heavy (non-hydrogen) atoms. The average molecular weight is 282 g/mol. The first-order chi connectivity index (χ1) is 10.1. The van der Waals surface area contributed by atoms with Crippen molar-refractivity contribution in [1.82, 2.24) is 4.90 Å². The first kappa shape index (κ1) is 13.8. The molecule has 1 unspecified atom stereocenters. The Morgan fingerprint density at radius 3 is 2.86 bits per heavy atom. The van der Waals surface area contributed by atoms with E-state index >= 15 is 0 Å². The Bertz CT molecular complexity index is 693. The molecule has 0 radical (unpaired) electrons. The van der Waals surface area contributed by atoms with E-state index in [2.05, 4.69) is 30.1 Å². The maximum atomic E-state index is 13.6. The van der Waals surface area contributed by atoms with Crippen LogP contribution in [0.3, 0.4) is 0 Å². The van der Waals surface area contributed by atoms with Gasteiger partial charge in [0.1, 0.15) is 5.82 Å². The zero-order valence-corrected chi connectivity index (χ0v) is 12.3. The van der Waals surface area contributed by atoms with Crippen LogP contribution in [-0.4, -0.2) is 17.5 Å². The van der Waals surface area contributed by atoms with Crippen LogP contribution in [0.1, 0.15) is 19.4 Å². The van der Waals surface area contributed by atoms with Gasteiger partial charge in [0.05, 0.1) is 0 Å². The fourth-order valence-corrected chi connectivity index (χ4v) is 2.85. The lowest BCUT2D eigenvalue weighted by Crippen LogP contribution is -2.31. The average Bonchev–Trinajstić information content (AvgIpc) is 2.46. The van der Waals surface area contributed by atoms with Gasteiger partial charge < -0.3 is 10.6 Å². The molecule has 0 fully saturated rings. The Morgan fingerprint density at radius 2 is 2.14 bits per heavy atom. The number of nitrogens with zero attached hydrogens (tertiary/aromatic N) is 1. The van der Waals surface area contributed by atoms with Gasteiger partial charge in [0, 0.05) is 24.0 Å². The van der Waals surface area contributed by atoms with E-state index in [0.29, 0.717) is 0 Å². The van der Waals surface area contributed by atoms with Crippen molar-refractivity contribution in [3.05, 3.63) is 76.9 Å². The molecule has 0 saturated heterocycles. The SMILES string of the molecule is CC1=CC=CC2=CC(C(C)N)=C(c3cccc(F)c3)CN12. The van der Waals surface area contributed by atoms with Crippen LogP contribution in [-0.2, 0) is 0 Å². The molecule has 0 bridgehead atoms. The summed E-state index contributed by atoms with van der Waals surface area (Å²) >= 11 is 0. The molecule has 108 valence electrons. The summed E-state index contributed by atoms with van der Waals surface area (Å²) in [6, 6.07) is 6.65. The number of fused-ring (bicyclic) bond motifs is 1. The Balaban J connectivity index is 2.12. The molecular formula is C18H19FN2. The number of benzene rings is 1. The molecule has 1 aromatic rings. The minimum absolute atomic E-state index is 0.0856. The number of nitrogens with two attached hydrogens (primary N) is 1. The van der Waals surface area contributed by atoms with Crippen molar-refractivity contribution in [2.75, 3.05) is 6.54 Å². The van der Waals surface area contributed by atoms with Gasteiger partial charge >= 0.3 is 0 Å². The van der Waals surface area contributed by atoms with Crippen molar-refractivity contribution < 1.29 is 4.39 Å². The summed E-state index contributed by atoms with van der Waals surface area (Å²) in [5.41, 5.74) is 11.5. The van der Waals surface area contributed by atoms with E-state index in [4.69, 9.17) is 5.73 Å². The van der Waals surface area contributed by atoms with E-state index in [0.717, 1.165) is 29.0 Å². The highest BCUT2D eigenvalue weighted by Crippen LogP contribution is 2.33. The third-order valence-electron chi connectivity index (χ3n) is 3.97. The quantitative estimate of drug-likeness (QED) is 0.898. The van der Waals surface area contributed by atoms with Crippen LogP contribution in [0.5, 0.6) is 0 Å². The summed E-state index contributed by atoms with van der Waals surface area (Å²) in [7, 11) is 0. The van der Waals surface area contributed by atoms with Crippen molar-refractivity contribution in [3.63, 3.8) is 0 Å². The molecule has 0 spiro atoms. The maximum absolute atomic E-state index is 13.6. The molecule has 1 atom stereocenters. The summed E-state index contributed by atoms with van der Waals surface area (Å²) in [5.74, 6) is -0.218. The fraction of sp³-hybridized carbons (Fsp3) is 0.222. The first-order valence-electron chi connectivity index (χ1n) is 7.15. The van der Waals surface area contributed by atoms with E-state index in [9.17, 15) is 4.39 Å². The predicted octanol–water partition coefficient (Wildman–Crippen LogP) is 3.60. The second-order valence-electron chi connectivity index (χ2n) is 5.56. The van der Waals surface area contributed by atoms with Crippen LogP contribution in [0, 0.1) is 5.82 Å². The molecule has 1 aromatic carbocycles. The highest BCUT2D eigenvalue weighted by molar-refractivity contribution is 5.76. The highest BCUT2D eigenvalue weighted by Gasteiger charge is 2.23. The topological polar surface area (TPSA) is 29.3 Å². The zero-order valence-electron chi connectivity index (χ0n) is 12.3. The van der Waals surface area contributed by atoms with Gasteiger partial charge in [-0.2, -0.15) is 0 Å². The lowest BCUT2D eigenvalue weighted by Gasteiger charge is -2.35. The molecule has 2 aliphatic rings. The minimum Gasteiger partial charge on any atom is -0.341 e. The van der Waals surface area contributed by atoms with Crippen LogP contribution < -0.4 is 5.73 Å². The van der Waals surface area contributed by atoms with Crippen molar-refractivity contribution >= 4 is 5.57 Å². The van der Waals surface area contributed by atoms with Crippen molar-refractivity contribution in [2.45, 2.75) is 19.9 Å². The number of allylic oxidation sites excluding steroid dienone is 4. The summed E-state index contributed by atoms with van der Waals surface area (Å²) in [5, 5.41) is 0. The minimum atomic E-state index is -0.218. The van der Waals surface area contributed by atoms with Gasteiger partial charge in [0.25, 0.3) is 0 Å². The van der Waals surface area contributed by atoms with Crippen molar-refractivity contribution in [1.29, 1.82) is 0 Å². The van der Waals surface area contributed by atoms with Gasteiger partial charge in [0.15, 0.2) is 0 Å². The third kappa shape index (κ3) is 2.57. The lowest BCUT2D eigenvalue weighted by molar-refractivity contribution is 0.482. The number of rotatable bonds is 2. The molecule has 3 heteroatoms. The highest BCUT2D eigenvalue weighted by atomic mass is 19.1. The summed E-state index contributed by atoms with van der Waals surface area (Å²) in [4.78, 5) is 2.23. The lowest BCUT2D eigenvalue weighted by atomic mass is 9.90. The second-order valence-corrected chi connectivity index (χ2v) is 5.56. The monoisotopic (exact) mass is 282 g/mol. The molecule has 2 N–H and O–H groups in total. The number of halogens is 1. The van der Waals surface area contributed by atoms with Crippen LogP contribution in [0.25, 0.3) is 5.57 Å². The number of hydrogen-bond donors (Lipinski definition) is 1. The second kappa shape index (κ2) is 5.34. The van der Waals surface area contributed by atoms with Crippen LogP contribution in [0.2, 0.25) is 0 Å². The molecule has 0 aromatic heterocycles. The molecule has 0 aliphatic carbocycles. The van der Waals surface area contributed by atoms with Gasteiger partial charge in [-0.15, -0.1) is 0 Å². The van der Waals surface area contributed by atoms with Crippen LogP contribution >= 0.6 is 0 Å². The van der Waals surface area contributed by atoms with E-state index in [-0.39, 0.29) is 11.9 Å². The molecule has 2 nitrogen and oxygen atoms in total. The molecule has 3 rings (SSSR count). The smallest absolute Gasteiger partial charge is 0.123 e. The maximum Gasteiger partial charge on any atom is 0.123 e. The molecule has 0 amide bonds. The number of hydrogen-bond acceptors (Lipinski definition) is 2. The van der Waals surface area contributed by atoms with Gasteiger partial charge in [-0.3, -0.25) is 0 Å². The summed E-state index contributed by atoms with van der Waals surface area (Å²) in [6.07, 6.45) is 8.32. The van der Waals surface area contributed by atoms with E-state index in [1.807, 2.05) is 19.1 Å². The third-order valence-corrected chi connectivity index (χ3v) is 3.97. The Kier molecular flexibility index (Phi) is 3.52. The standard InChI is InChI=1S/C18H19FN2/c1-12-5-3-8-16-10-17(13(2)20)18(11-21(12)16)14-6-4-7-15(19)9-14/h3-10,13H,11,20H2,1-2H3. The molecular weight excluding hydrogens is 263 g/mol. The van der Waals surface area contributed by atoms with Gasteiger partial charge in [0.2, 0.25) is 0 Å². The molecule has 2 aliphatic heterocycles. The summed E-state index contributed by atoms with van der Waals surface area (Å²) < 4.78 is 13.6.